The highest BCUT2D eigenvalue weighted by atomic mass is 32.2. The monoisotopic (exact) mass is 448 g/mol. The molecule has 0 aliphatic rings. The van der Waals surface area contributed by atoms with Gasteiger partial charge in [0.05, 0.1) is 24.0 Å². The molecule has 0 amide bonds. The number of benzene rings is 2. The second kappa shape index (κ2) is 8.75. The second-order valence-electron chi connectivity index (χ2n) is 5.77. The minimum absolute atomic E-state index is 0.295. The van der Waals surface area contributed by atoms with Gasteiger partial charge in [0.15, 0.2) is 0 Å². The van der Waals surface area contributed by atoms with Gasteiger partial charge in [0.1, 0.15) is 11.5 Å². The average molecular weight is 448 g/mol. The van der Waals surface area contributed by atoms with Crippen LogP contribution in [0.4, 0.5) is 0 Å². The third kappa shape index (κ3) is 5.01. The Morgan fingerprint density at radius 2 is 1.21 bits per heavy atom. The molecule has 2 N–H and O–H groups in total. The third-order valence-corrected chi connectivity index (χ3v) is 8.38. The zero-order valence-corrected chi connectivity index (χ0v) is 18.0. The summed E-state index contributed by atoms with van der Waals surface area (Å²) in [5, 5.41) is 1.00. The maximum absolute atomic E-state index is 11.6. The molecule has 0 heterocycles. The quantitative estimate of drug-likeness (QED) is 0.464. The van der Waals surface area contributed by atoms with Crippen molar-refractivity contribution in [2.24, 2.45) is 0 Å². The molecule has 0 aromatic heterocycles. The normalized spacial score (nSPS) is 12.2. The van der Waals surface area contributed by atoms with Gasteiger partial charge in [-0.15, -0.1) is 0 Å². The molecule has 0 atom stereocenters. The Bertz CT molecular complexity index is 981. The molecule has 2 rings (SSSR count). The summed E-state index contributed by atoms with van der Waals surface area (Å²) in [6, 6.07) is 7.95. The zero-order valence-electron chi connectivity index (χ0n) is 15.5. The fourth-order valence-electron chi connectivity index (χ4n) is 2.68. The molecule has 0 spiro atoms. The summed E-state index contributed by atoms with van der Waals surface area (Å²) >= 11 is 0. The van der Waals surface area contributed by atoms with Crippen molar-refractivity contribution in [2.45, 2.75) is 23.1 Å². The van der Waals surface area contributed by atoms with Gasteiger partial charge in [-0.2, -0.15) is 16.8 Å². The van der Waals surface area contributed by atoms with Crippen molar-refractivity contribution in [2.75, 3.05) is 20.4 Å². The van der Waals surface area contributed by atoms with Crippen molar-refractivity contribution in [3.05, 3.63) is 36.4 Å². The Hall–Kier alpha value is -1.71. The smallest absolute Gasteiger partial charge is 0.294 e. The van der Waals surface area contributed by atoms with Crippen LogP contribution in [-0.4, -0.2) is 46.3 Å². The molecule has 0 radical (unpaired) electrons. The highest BCUT2D eigenvalue weighted by Gasteiger charge is 2.25. The van der Waals surface area contributed by atoms with E-state index in [2.05, 4.69) is 0 Å². The number of ether oxygens (including phenoxy) is 2. The summed E-state index contributed by atoms with van der Waals surface area (Å²) in [5.74, 6) is 0.789. The Kier molecular flexibility index (Phi) is 7.06. The van der Waals surface area contributed by atoms with Crippen LogP contribution in [0, 0.1) is 0 Å². The largest absolute Gasteiger partial charge is 0.496 e. The molecule has 0 unspecified atom stereocenters. The van der Waals surface area contributed by atoms with Gasteiger partial charge in [-0.25, -0.2) is 0 Å². The van der Waals surface area contributed by atoms with E-state index in [4.69, 9.17) is 9.47 Å². The van der Waals surface area contributed by atoms with Crippen LogP contribution < -0.4 is 20.1 Å². The number of methoxy groups -OCH3 is 2. The minimum Gasteiger partial charge on any atom is -0.496 e. The Morgan fingerprint density at radius 1 is 0.821 bits per heavy atom. The molecular weight excluding hydrogens is 427 g/mol. The van der Waals surface area contributed by atoms with E-state index in [1.54, 1.807) is 0 Å². The van der Waals surface area contributed by atoms with E-state index in [9.17, 15) is 25.9 Å². The molecule has 0 bridgehead atoms. The van der Waals surface area contributed by atoms with E-state index in [0.29, 0.717) is 34.7 Å². The Morgan fingerprint density at radius 3 is 1.50 bits per heavy atom. The van der Waals surface area contributed by atoms with Crippen molar-refractivity contribution >= 4 is 38.8 Å². The highest BCUT2D eigenvalue weighted by Crippen LogP contribution is 2.42. The molecule has 154 valence electrons. The lowest BCUT2D eigenvalue weighted by Crippen LogP contribution is -2.20. The van der Waals surface area contributed by atoms with Crippen molar-refractivity contribution in [3.8, 4) is 11.5 Å². The lowest BCUT2D eigenvalue weighted by atomic mass is 10.3. The maximum atomic E-state index is 11.6. The van der Waals surface area contributed by atoms with Crippen LogP contribution in [-0.2, 0) is 20.2 Å². The lowest BCUT2D eigenvalue weighted by Gasteiger charge is -2.23. The first-order valence-electron chi connectivity index (χ1n) is 8.11. The van der Waals surface area contributed by atoms with E-state index >= 15 is 0 Å². The van der Waals surface area contributed by atoms with Crippen molar-refractivity contribution in [3.63, 3.8) is 0 Å². The summed E-state index contributed by atoms with van der Waals surface area (Å²) in [6.45, 7) is 1.92. The topological polar surface area (TPSA) is 127 Å². The van der Waals surface area contributed by atoms with Crippen LogP contribution in [0.25, 0.3) is 0 Å². The summed E-state index contributed by atoms with van der Waals surface area (Å²) in [7, 11) is -7.36. The predicted molar refractivity (Wildman–Crippen MR) is 107 cm³/mol. The highest BCUT2D eigenvalue weighted by molar-refractivity contribution is 7.86. The van der Waals surface area contributed by atoms with Gasteiger partial charge < -0.3 is 9.47 Å². The third-order valence-electron chi connectivity index (χ3n) is 3.93. The molecule has 0 fully saturated rings. The average Bonchev–Trinajstić information content (AvgIpc) is 2.63. The number of hydrogen-bond acceptors (Lipinski definition) is 6. The zero-order chi connectivity index (χ0) is 21.1. The molecule has 28 heavy (non-hydrogen) atoms. The summed E-state index contributed by atoms with van der Waals surface area (Å²) < 4.78 is 75.9. The van der Waals surface area contributed by atoms with Crippen LogP contribution in [0.5, 0.6) is 11.5 Å². The molecule has 2 aromatic rings. The Balaban J connectivity index is 2.80. The van der Waals surface area contributed by atoms with Gasteiger partial charge in [-0.1, -0.05) is 13.3 Å². The van der Waals surface area contributed by atoms with Gasteiger partial charge in [-0.3, -0.25) is 9.11 Å². The van der Waals surface area contributed by atoms with Crippen LogP contribution in [0.1, 0.15) is 13.3 Å². The van der Waals surface area contributed by atoms with Crippen molar-refractivity contribution in [1.29, 1.82) is 0 Å². The molecule has 0 saturated heterocycles. The molecule has 2 aromatic carbocycles. The van der Waals surface area contributed by atoms with E-state index in [1.807, 2.05) is 6.92 Å². The van der Waals surface area contributed by atoms with Gasteiger partial charge in [0, 0.05) is 10.6 Å². The maximum Gasteiger partial charge on any atom is 0.294 e. The van der Waals surface area contributed by atoms with E-state index in [0.717, 1.165) is 0 Å². The first-order valence-corrected chi connectivity index (χ1v) is 12.5. The van der Waals surface area contributed by atoms with Gasteiger partial charge >= 0.3 is 0 Å². The Labute approximate surface area is 165 Å². The molecule has 0 aliphatic carbocycles. The van der Waals surface area contributed by atoms with Crippen molar-refractivity contribution in [1.82, 2.24) is 0 Å². The minimum atomic E-state index is -4.44. The molecule has 0 saturated carbocycles. The summed E-state index contributed by atoms with van der Waals surface area (Å²) in [4.78, 5) is -0.589. The second-order valence-corrected chi connectivity index (χ2v) is 10.9. The van der Waals surface area contributed by atoms with Crippen LogP contribution in [0.3, 0.4) is 0 Å². The van der Waals surface area contributed by atoms with Gasteiger partial charge in [-0.05, 0) is 50.5 Å². The van der Waals surface area contributed by atoms with E-state index in [1.165, 1.54) is 50.6 Å². The molecule has 11 heteroatoms. The molecule has 8 nitrogen and oxygen atoms in total. The van der Waals surface area contributed by atoms with Crippen LogP contribution in [0.2, 0.25) is 0 Å². The van der Waals surface area contributed by atoms with Gasteiger partial charge in [0.2, 0.25) is 0 Å². The first-order chi connectivity index (χ1) is 13.0. The van der Waals surface area contributed by atoms with Crippen LogP contribution in [0.15, 0.2) is 46.2 Å². The standard InChI is InChI=1S/C17H21O8PS2/c1-4-9-26(16-10-12(27(18,19)20)5-7-14(16)24-2)17-11-13(28(21,22)23)6-8-15(17)25-3/h5-8,10-11H,4,9H2,1-3H3,(H,18,19,20)(H,21,22,23). The molecule has 0 aliphatic heterocycles. The summed E-state index contributed by atoms with van der Waals surface area (Å²) in [5.41, 5.74) is 0. The lowest BCUT2D eigenvalue weighted by molar-refractivity contribution is 0.417. The molecular formula is C17H21O8PS2. The van der Waals surface area contributed by atoms with E-state index in [-0.39, 0.29) is 9.79 Å². The fourth-order valence-corrected chi connectivity index (χ4v) is 6.51. The van der Waals surface area contributed by atoms with Crippen LogP contribution >= 0.6 is 7.92 Å². The van der Waals surface area contributed by atoms with E-state index < -0.39 is 28.2 Å². The summed E-state index contributed by atoms with van der Waals surface area (Å²) in [6.07, 6.45) is 1.26. The first kappa shape index (κ1) is 22.6. The fraction of sp³-hybridized carbons (Fsp3) is 0.294. The SMILES string of the molecule is CCCP(c1cc(S(=O)(=O)O)ccc1OC)c1cc(S(=O)(=O)O)ccc1OC. The van der Waals surface area contributed by atoms with Crippen molar-refractivity contribution < 1.29 is 35.4 Å². The number of rotatable bonds is 8. The predicted octanol–water partition coefficient (Wildman–Crippen LogP) is 2.04. The van der Waals surface area contributed by atoms with Gasteiger partial charge in [0.25, 0.3) is 20.2 Å². The number of hydrogen-bond donors (Lipinski definition) is 2.